The van der Waals surface area contributed by atoms with Gasteiger partial charge in [-0.15, -0.1) is 0 Å². The zero-order valence-corrected chi connectivity index (χ0v) is 11.0. The van der Waals surface area contributed by atoms with Crippen molar-refractivity contribution >= 4 is 17.3 Å². The van der Waals surface area contributed by atoms with Crippen molar-refractivity contribution in [1.82, 2.24) is 0 Å². The smallest absolute Gasteiger partial charge is 0.265 e. The number of nitrogens with one attached hydrogen (secondary N) is 1. The molecule has 5 heteroatoms. The van der Waals surface area contributed by atoms with E-state index in [9.17, 15) is 9.18 Å². The quantitative estimate of drug-likeness (QED) is 0.843. The summed E-state index contributed by atoms with van der Waals surface area (Å²) in [6.45, 7) is 1.61. The van der Waals surface area contributed by atoms with E-state index >= 15 is 0 Å². The maximum absolute atomic E-state index is 13.0. The van der Waals surface area contributed by atoms with Gasteiger partial charge in [0.2, 0.25) is 0 Å². The highest BCUT2D eigenvalue weighted by Gasteiger charge is 2.15. The van der Waals surface area contributed by atoms with Gasteiger partial charge in [0.1, 0.15) is 11.6 Å². The zero-order valence-electron chi connectivity index (χ0n) is 11.0. The molecule has 2 aromatic carbocycles. The second-order valence-corrected chi connectivity index (χ2v) is 4.33. The predicted molar refractivity (Wildman–Crippen MR) is 76.0 cm³/mol. The molecule has 0 radical (unpaired) electrons. The third-order valence-corrected chi connectivity index (χ3v) is 2.63. The van der Waals surface area contributed by atoms with Gasteiger partial charge in [-0.3, -0.25) is 4.79 Å². The maximum Gasteiger partial charge on any atom is 0.265 e. The van der Waals surface area contributed by atoms with Crippen LogP contribution in [0, 0.1) is 5.82 Å². The highest BCUT2D eigenvalue weighted by Crippen LogP contribution is 2.17. The molecule has 4 nitrogen and oxygen atoms in total. The highest BCUT2D eigenvalue weighted by molar-refractivity contribution is 5.94. The summed E-state index contributed by atoms with van der Waals surface area (Å²) in [5.74, 6) is -0.267. The number of amides is 1. The van der Waals surface area contributed by atoms with E-state index in [1.165, 1.54) is 18.2 Å². The number of anilines is 2. The van der Waals surface area contributed by atoms with Crippen LogP contribution in [0.15, 0.2) is 48.5 Å². The molecule has 0 aliphatic rings. The van der Waals surface area contributed by atoms with Gasteiger partial charge in [-0.1, -0.05) is 12.1 Å². The first kappa shape index (κ1) is 13.9. The van der Waals surface area contributed by atoms with Gasteiger partial charge in [0.25, 0.3) is 5.91 Å². The maximum atomic E-state index is 13.0. The molecular weight excluding hydrogens is 259 g/mol. The Labute approximate surface area is 116 Å². The van der Waals surface area contributed by atoms with E-state index in [4.69, 9.17) is 10.5 Å². The van der Waals surface area contributed by atoms with Crippen LogP contribution in [0.1, 0.15) is 6.92 Å². The van der Waals surface area contributed by atoms with Crippen molar-refractivity contribution in [2.45, 2.75) is 13.0 Å². The van der Waals surface area contributed by atoms with E-state index in [0.717, 1.165) is 0 Å². The summed E-state index contributed by atoms with van der Waals surface area (Å²) in [6, 6.07) is 12.5. The first-order valence-electron chi connectivity index (χ1n) is 6.13. The molecule has 0 saturated heterocycles. The van der Waals surface area contributed by atoms with Gasteiger partial charge >= 0.3 is 0 Å². The van der Waals surface area contributed by atoms with Crippen LogP contribution in [0.3, 0.4) is 0 Å². The summed E-state index contributed by atoms with van der Waals surface area (Å²) in [7, 11) is 0. The van der Waals surface area contributed by atoms with Crippen LogP contribution >= 0.6 is 0 Å². The number of nitrogen functional groups attached to an aromatic ring is 1. The van der Waals surface area contributed by atoms with Gasteiger partial charge in [-0.05, 0) is 37.3 Å². The average Bonchev–Trinajstić information content (AvgIpc) is 2.38. The first-order chi connectivity index (χ1) is 9.54. The number of carbonyl (C=O) groups is 1. The van der Waals surface area contributed by atoms with Crippen LogP contribution in [0.25, 0.3) is 0 Å². The molecule has 104 valence electrons. The Kier molecular flexibility index (Phi) is 4.20. The van der Waals surface area contributed by atoms with Gasteiger partial charge in [0.05, 0.1) is 0 Å². The summed E-state index contributed by atoms with van der Waals surface area (Å²) in [5, 5.41) is 2.58. The van der Waals surface area contributed by atoms with E-state index in [-0.39, 0.29) is 5.91 Å². The third-order valence-electron chi connectivity index (χ3n) is 2.63. The average molecular weight is 274 g/mol. The molecule has 20 heavy (non-hydrogen) atoms. The molecule has 2 rings (SSSR count). The molecule has 0 fully saturated rings. The fourth-order valence-electron chi connectivity index (χ4n) is 1.66. The van der Waals surface area contributed by atoms with Crippen molar-refractivity contribution in [3.8, 4) is 5.75 Å². The summed E-state index contributed by atoms with van der Waals surface area (Å²) in [6.07, 6.45) is -0.722. The Morgan fingerprint density at radius 1 is 1.25 bits per heavy atom. The first-order valence-corrected chi connectivity index (χ1v) is 6.13. The molecule has 0 aromatic heterocycles. The van der Waals surface area contributed by atoms with Gasteiger partial charge in [-0.25, -0.2) is 4.39 Å². The van der Waals surface area contributed by atoms with E-state index in [1.54, 1.807) is 37.3 Å². The van der Waals surface area contributed by atoms with Crippen molar-refractivity contribution in [1.29, 1.82) is 0 Å². The summed E-state index contributed by atoms with van der Waals surface area (Å²) < 4.78 is 18.5. The minimum absolute atomic E-state index is 0.363. The SMILES string of the molecule is CC(Oc1cccc(N)c1)C(=O)Nc1cccc(F)c1. The number of hydrogen-bond donors (Lipinski definition) is 2. The Balaban J connectivity index is 1.98. The molecule has 0 saturated carbocycles. The van der Waals surface area contributed by atoms with Crippen LogP contribution in [-0.2, 0) is 4.79 Å². The Hall–Kier alpha value is -2.56. The number of nitrogens with two attached hydrogens (primary N) is 1. The summed E-state index contributed by atoms with van der Waals surface area (Å²) in [5.41, 5.74) is 6.57. The lowest BCUT2D eigenvalue weighted by molar-refractivity contribution is -0.122. The Morgan fingerprint density at radius 2 is 2.00 bits per heavy atom. The van der Waals surface area contributed by atoms with Crippen molar-refractivity contribution in [2.75, 3.05) is 11.1 Å². The molecule has 0 spiro atoms. The second kappa shape index (κ2) is 6.06. The van der Waals surface area contributed by atoms with Crippen molar-refractivity contribution < 1.29 is 13.9 Å². The van der Waals surface area contributed by atoms with Crippen LogP contribution in [0.2, 0.25) is 0 Å². The number of halogens is 1. The molecule has 2 aromatic rings. The number of benzene rings is 2. The van der Waals surface area contributed by atoms with E-state index < -0.39 is 11.9 Å². The lowest BCUT2D eigenvalue weighted by Gasteiger charge is -2.15. The van der Waals surface area contributed by atoms with Gasteiger partial charge < -0.3 is 15.8 Å². The molecule has 0 aliphatic carbocycles. The second-order valence-electron chi connectivity index (χ2n) is 4.33. The van der Waals surface area contributed by atoms with Crippen LogP contribution in [-0.4, -0.2) is 12.0 Å². The molecule has 0 aliphatic heterocycles. The highest BCUT2D eigenvalue weighted by atomic mass is 19.1. The minimum Gasteiger partial charge on any atom is -0.481 e. The van der Waals surface area contributed by atoms with Crippen molar-refractivity contribution in [3.05, 3.63) is 54.3 Å². The molecular formula is C15H15FN2O2. The molecule has 1 unspecified atom stereocenters. The zero-order chi connectivity index (χ0) is 14.5. The minimum atomic E-state index is -0.722. The van der Waals surface area contributed by atoms with Crippen molar-refractivity contribution in [3.63, 3.8) is 0 Å². The fraction of sp³-hybridized carbons (Fsp3) is 0.133. The molecule has 0 bridgehead atoms. The monoisotopic (exact) mass is 274 g/mol. The molecule has 3 N–H and O–H groups in total. The summed E-state index contributed by atoms with van der Waals surface area (Å²) >= 11 is 0. The lowest BCUT2D eigenvalue weighted by Crippen LogP contribution is -2.30. The van der Waals surface area contributed by atoms with E-state index in [2.05, 4.69) is 5.32 Å². The number of ether oxygens (including phenoxy) is 1. The van der Waals surface area contributed by atoms with Crippen molar-refractivity contribution in [2.24, 2.45) is 0 Å². The normalized spacial score (nSPS) is 11.7. The number of carbonyl (C=O) groups excluding carboxylic acids is 1. The summed E-state index contributed by atoms with van der Waals surface area (Å²) in [4.78, 5) is 11.9. The third kappa shape index (κ3) is 3.71. The molecule has 0 heterocycles. The van der Waals surface area contributed by atoms with E-state index in [0.29, 0.717) is 17.1 Å². The Bertz CT molecular complexity index is 616. The molecule has 1 amide bonds. The lowest BCUT2D eigenvalue weighted by atomic mass is 10.2. The van der Waals surface area contributed by atoms with Crippen LogP contribution in [0.5, 0.6) is 5.75 Å². The fourth-order valence-corrected chi connectivity index (χ4v) is 1.66. The number of hydrogen-bond acceptors (Lipinski definition) is 3. The predicted octanol–water partition coefficient (Wildman–Crippen LogP) is 2.81. The van der Waals surface area contributed by atoms with Gasteiger partial charge in [-0.2, -0.15) is 0 Å². The molecule has 1 atom stereocenters. The van der Waals surface area contributed by atoms with Gasteiger partial charge in [0, 0.05) is 17.4 Å². The van der Waals surface area contributed by atoms with E-state index in [1.807, 2.05) is 0 Å². The Morgan fingerprint density at radius 3 is 2.70 bits per heavy atom. The topological polar surface area (TPSA) is 64.3 Å². The largest absolute Gasteiger partial charge is 0.481 e. The van der Waals surface area contributed by atoms with Crippen LogP contribution < -0.4 is 15.8 Å². The number of rotatable bonds is 4. The van der Waals surface area contributed by atoms with Gasteiger partial charge in [0.15, 0.2) is 6.10 Å². The van der Waals surface area contributed by atoms with Crippen LogP contribution in [0.4, 0.5) is 15.8 Å². The standard InChI is InChI=1S/C15H15FN2O2/c1-10(20-14-7-3-5-12(17)9-14)15(19)18-13-6-2-4-11(16)8-13/h2-10H,17H2,1H3,(H,18,19).